The zero-order valence-electron chi connectivity index (χ0n) is 9.55. The summed E-state index contributed by atoms with van der Waals surface area (Å²) in [5, 5.41) is 0. The van der Waals surface area contributed by atoms with E-state index in [1.54, 1.807) is 17.2 Å². The molecule has 6 nitrogen and oxygen atoms in total. The topological polar surface area (TPSA) is 98.1 Å². The highest BCUT2D eigenvalue weighted by Gasteiger charge is 2.13. The van der Waals surface area contributed by atoms with E-state index in [1.165, 1.54) is 0 Å². The molecule has 1 aromatic heterocycles. The number of carbonyl (C=O) groups excluding carboxylic acids is 1. The molecule has 0 unspecified atom stereocenters. The number of nitrogen functional groups attached to an aromatic ring is 1. The fraction of sp³-hybridized carbons (Fsp3) is 0.500. The van der Waals surface area contributed by atoms with Crippen molar-refractivity contribution in [1.29, 1.82) is 0 Å². The van der Waals surface area contributed by atoms with Crippen LogP contribution in [0.1, 0.15) is 13.8 Å². The van der Waals surface area contributed by atoms with Crippen LogP contribution in [-0.2, 0) is 4.79 Å². The molecule has 0 aromatic carbocycles. The third kappa shape index (κ3) is 3.72. The summed E-state index contributed by atoms with van der Waals surface area (Å²) in [4.78, 5) is 20.8. The fourth-order valence-electron chi connectivity index (χ4n) is 1.36. The predicted molar refractivity (Wildman–Crippen MR) is 62.7 cm³/mol. The third-order valence-electron chi connectivity index (χ3n) is 1.88. The first kappa shape index (κ1) is 12.2. The Labute approximate surface area is 94.7 Å². The Bertz CT molecular complexity index is 366. The molecule has 0 aliphatic carbocycles. The van der Waals surface area contributed by atoms with Crippen LogP contribution in [0.2, 0.25) is 0 Å². The molecule has 4 N–H and O–H groups in total. The van der Waals surface area contributed by atoms with Gasteiger partial charge in [-0.3, -0.25) is 4.79 Å². The van der Waals surface area contributed by atoms with Crippen molar-refractivity contribution in [2.24, 2.45) is 11.7 Å². The first-order chi connectivity index (χ1) is 7.49. The smallest absolute Gasteiger partial charge is 0.237 e. The summed E-state index contributed by atoms with van der Waals surface area (Å²) in [5.74, 6) is 0.784. The molecule has 0 radical (unpaired) electrons. The van der Waals surface area contributed by atoms with Crippen molar-refractivity contribution in [2.45, 2.75) is 13.8 Å². The van der Waals surface area contributed by atoms with Gasteiger partial charge in [-0.15, -0.1) is 0 Å². The Kier molecular flexibility index (Phi) is 4.04. The molecule has 0 aliphatic rings. The van der Waals surface area contributed by atoms with E-state index < -0.39 is 5.91 Å². The van der Waals surface area contributed by atoms with Crippen LogP contribution in [0.3, 0.4) is 0 Å². The van der Waals surface area contributed by atoms with Gasteiger partial charge in [0.1, 0.15) is 5.82 Å². The van der Waals surface area contributed by atoms with Crippen molar-refractivity contribution in [3.8, 4) is 0 Å². The van der Waals surface area contributed by atoms with Gasteiger partial charge in [0.2, 0.25) is 11.9 Å². The van der Waals surface area contributed by atoms with Crippen LogP contribution in [0.5, 0.6) is 0 Å². The number of rotatable bonds is 5. The predicted octanol–water partition coefficient (Wildman–Crippen LogP) is 0.00650. The van der Waals surface area contributed by atoms with Gasteiger partial charge in [0.05, 0.1) is 6.54 Å². The molecule has 16 heavy (non-hydrogen) atoms. The first-order valence-electron chi connectivity index (χ1n) is 5.11. The fourth-order valence-corrected chi connectivity index (χ4v) is 1.36. The van der Waals surface area contributed by atoms with E-state index in [9.17, 15) is 4.79 Å². The van der Waals surface area contributed by atoms with E-state index in [1.807, 2.05) is 13.8 Å². The van der Waals surface area contributed by atoms with Crippen LogP contribution in [0.25, 0.3) is 0 Å². The molecule has 0 aliphatic heterocycles. The number of hydrogen-bond acceptors (Lipinski definition) is 5. The number of nitrogens with zero attached hydrogens (tertiary/aromatic N) is 3. The largest absolute Gasteiger partial charge is 0.384 e. The second-order valence-electron chi connectivity index (χ2n) is 4.02. The maximum absolute atomic E-state index is 10.9. The van der Waals surface area contributed by atoms with Crippen molar-refractivity contribution in [2.75, 3.05) is 23.7 Å². The van der Waals surface area contributed by atoms with Gasteiger partial charge in [0, 0.05) is 12.7 Å². The molecule has 88 valence electrons. The average molecular weight is 223 g/mol. The van der Waals surface area contributed by atoms with Crippen LogP contribution in [0, 0.1) is 5.92 Å². The van der Waals surface area contributed by atoms with Gasteiger partial charge < -0.3 is 16.4 Å². The van der Waals surface area contributed by atoms with Gasteiger partial charge in [-0.1, -0.05) is 13.8 Å². The van der Waals surface area contributed by atoms with Crippen LogP contribution in [0.15, 0.2) is 12.3 Å². The minimum atomic E-state index is -0.410. The van der Waals surface area contributed by atoms with Crippen LogP contribution >= 0.6 is 0 Å². The molecular weight excluding hydrogens is 206 g/mol. The van der Waals surface area contributed by atoms with Crippen molar-refractivity contribution in [1.82, 2.24) is 9.97 Å². The van der Waals surface area contributed by atoms with E-state index >= 15 is 0 Å². The number of primary amides is 1. The Balaban J connectivity index is 2.86. The quantitative estimate of drug-likeness (QED) is 0.732. The molecule has 0 saturated carbocycles. The van der Waals surface area contributed by atoms with Crippen molar-refractivity contribution >= 4 is 17.7 Å². The second-order valence-corrected chi connectivity index (χ2v) is 4.02. The lowest BCUT2D eigenvalue weighted by Gasteiger charge is -2.22. The van der Waals surface area contributed by atoms with Gasteiger partial charge >= 0.3 is 0 Å². The van der Waals surface area contributed by atoms with E-state index in [4.69, 9.17) is 11.5 Å². The molecule has 0 spiro atoms. The minimum absolute atomic E-state index is 0.0988. The Morgan fingerprint density at radius 1 is 1.56 bits per heavy atom. The van der Waals surface area contributed by atoms with Crippen molar-refractivity contribution in [3.05, 3.63) is 12.3 Å². The number of aromatic nitrogens is 2. The highest BCUT2D eigenvalue weighted by molar-refractivity contribution is 5.78. The first-order valence-corrected chi connectivity index (χ1v) is 5.11. The summed E-state index contributed by atoms with van der Waals surface area (Å²) in [6.07, 6.45) is 1.56. The standard InChI is InChI=1S/C10H17N5O/c1-7(2)5-15(6-9(12)16)10-13-4-3-8(11)14-10/h3-4,7H,5-6H2,1-2H3,(H2,12,16)(H2,11,13,14). The summed E-state index contributed by atoms with van der Waals surface area (Å²) < 4.78 is 0. The molecule has 1 heterocycles. The minimum Gasteiger partial charge on any atom is -0.384 e. The van der Waals surface area contributed by atoms with E-state index in [0.717, 1.165) is 0 Å². The highest BCUT2D eigenvalue weighted by atomic mass is 16.1. The monoisotopic (exact) mass is 223 g/mol. The van der Waals surface area contributed by atoms with Gasteiger partial charge in [-0.05, 0) is 12.0 Å². The maximum atomic E-state index is 10.9. The SMILES string of the molecule is CC(C)CN(CC(N)=O)c1nccc(N)n1. The maximum Gasteiger partial charge on any atom is 0.237 e. The van der Waals surface area contributed by atoms with E-state index in [0.29, 0.717) is 24.2 Å². The summed E-state index contributed by atoms with van der Waals surface area (Å²) >= 11 is 0. The molecule has 0 atom stereocenters. The molecule has 0 saturated heterocycles. The number of hydrogen-bond donors (Lipinski definition) is 2. The Morgan fingerprint density at radius 3 is 2.75 bits per heavy atom. The average Bonchev–Trinajstić information content (AvgIpc) is 2.15. The summed E-state index contributed by atoms with van der Waals surface area (Å²) in [6.45, 7) is 4.84. The molecule has 0 fully saturated rings. The van der Waals surface area contributed by atoms with Gasteiger partial charge in [-0.25, -0.2) is 4.98 Å². The zero-order chi connectivity index (χ0) is 12.1. The van der Waals surface area contributed by atoms with Crippen LogP contribution < -0.4 is 16.4 Å². The molecular formula is C10H17N5O. The van der Waals surface area contributed by atoms with Crippen LogP contribution in [0.4, 0.5) is 11.8 Å². The second kappa shape index (κ2) is 5.29. The van der Waals surface area contributed by atoms with Gasteiger partial charge in [-0.2, -0.15) is 4.98 Å². The Morgan fingerprint density at radius 2 is 2.25 bits per heavy atom. The molecule has 6 heteroatoms. The van der Waals surface area contributed by atoms with Crippen molar-refractivity contribution in [3.63, 3.8) is 0 Å². The summed E-state index contributed by atoms with van der Waals surface area (Å²) in [7, 11) is 0. The molecule has 1 aromatic rings. The van der Waals surface area contributed by atoms with Crippen molar-refractivity contribution < 1.29 is 4.79 Å². The van der Waals surface area contributed by atoms with E-state index in [-0.39, 0.29) is 6.54 Å². The van der Waals surface area contributed by atoms with E-state index in [2.05, 4.69) is 9.97 Å². The lowest BCUT2D eigenvalue weighted by atomic mass is 10.2. The molecule has 1 rings (SSSR count). The molecule has 1 amide bonds. The van der Waals surface area contributed by atoms with Gasteiger partial charge in [0.15, 0.2) is 0 Å². The van der Waals surface area contributed by atoms with Crippen LogP contribution in [-0.4, -0.2) is 29.0 Å². The normalized spacial score (nSPS) is 10.4. The number of amides is 1. The number of carbonyl (C=O) groups is 1. The summed E-state index contributed by atoms with van der Waals surface area (Å²) in [5.41, 5.74) is 10.7. The number of anilines is 2. The molecule has 0 bridgehead atoms. The van der Waals surface area contributed by atoms with Gasteiger partial charge in [0.25, 0.3) is 0 Å². The number of nitrogens with two attached hydrogens (primary N) is 2. The Hall–Kier alpha value is -1.85. The zero-order valence-corrected chi connectivity index (χ0v) is 9.55. The highest BCUT2D eigenvalue weighted by Crippen LogP contribution is 2.10. The summed E-state index contributed by atoms with van der Waals surface area (Å²) in [6, 6.07) is 1.60. The lowest BCUT2D eigenvalue weighted by molar-refractivity contribution is -0.116. The third-order valence-corrected chi connectivity index (χ3v) is 1.88. The lowest BCUT2D eigenvalue weighted by Crippen LogP contribution is -2.37.